The Morgan fingerprint density at radius 1 is 0.815 bits per heavy atom. The molecule has 9 nitrogen and oxygen atoms in total. The van der Waals surface area contributed by atoms with Crippen LogP contribution < -0.4 is 32.4 Å². The molecule has 0 aliphatic heterocycles. The Hall–Kier alpha value is -2.88. The van der Waals surface area contributed by atoms with Crippen molar-refractivity contribution in [1.29, 1.82) is 0 Å². The first-order valence-electron chi connectivity index (χ1n) is 8.32. The van der Waals surface area contributed by atoms with Crippen LogP contribution in [0.1, 0.15) is 6.42 Å². The summed E-state index contributed by atoms with van der Waals surface area (Å²) in [6.45, 7) is 0.249. The topological polar surface area (TPSA) is 183 Å². The molecule has 0 fully saturated rings. The lowest BCUT2D eigenvalue weighted by molar-refractivity contribution is 0.0538. The van der Waals surface area contributed by atoms with Crippen molar-refractivity contribution >= 4 is 22.7 Å². The van der Waals surface area contributed by atoms with E-state index in [2.05, 4.69) is 0 Å². The Labute approximate surface area is 158 Å². The lowest BCUT2D eigenvalue weighted by Crippen LogP contribution is -2.21. The monoisotopic (exact) mass is 380 g/mol. The lowest BCUT2D eigenvalue weighted by Gasteiger charge is -2.11. The first kappa shape index (κ1) is 22.2. The van der Waals surface area contributed by atoms with Crippen molar-refractivity contribution in [2.75, 3.05) is 49.4 Å². The number of nitrogens with two attached hydrogens (primary N) is 4. The minimum atomic E-state index is -0.896. The first-order chi connectivity index (χ1) is 12.9. The minimum absolute atomic E-state index is 0.00458. The highest BCUT2D eigenvalue weighted by atomic mass is 16.5. The molecule has 0 heterocycles. The molecule has 0 saturated carbocycles. The number of aliphatic hydroxyl groups is 3. The van der Waals surface area contributed by atoms with Crippen molar-refractivity contribution in [2.24, 2.45) is 0 Å². The van der Waals surface area contributed by atoms with Gasteiger partial charge >= 0.3 is 0 Å². The summed E-state index contributed by atoms with van der Waals surface area (Å²) in [7, 11) is 0. The highest BCUT2D eigenvalue weighted by molar-refractivity contribution is 5.61. The van der Waals surface area contributed by atoms with Crippen LogP contribution in [0.2, 0.25) is 0 Å². The number of anilines is 4. The predicted molar refractivity (Wildman–Crippen MR) is 106 cm³/mol. The van der Waals surface area contributed by atoms with Gasteiger partial charge in [-0.2, -0.15) is 0 Å². The average molecular weight is 380 g/mol. The van der Waals surface area contributed by atoms with Gasteiger partial charge in [-0.15, -0.1) is 0 Å². The highest BCUT2D eigenvalue weighted by Crippen LogP contribution is 2.24. The third kappa shape index (κ3) is 8.36. The van der Waals surface area contributed by atoms with Crippen LogP contribution in [0.3, 0.4) is 0 Å². The van der Waals surface area contributed by atoms with Crippen molar-refractivity contribution in [3.63, 3.8) is 0 Å². The third-order valence-electron chi connectivity index (χ3n) is 3.27. The number of aliphatic hydroxyl groups excluding tert-OH is 3. The second kappa shape index (κ2) is 11.7. The van der Waals surface area contributed by atoms with Gasteiger partial charge < -0.3 is 47.7 Å². The van der Waals surface area contributed by atoms with E-state index in [9.17, 15) is 0 Å². The second-order valence-corrected chi connectivity index (χ2v) is 5.67. The molecule has 150 valence electrons. The maximum atomic E-state index is 9.02. The smallest absolute Gasteiger partial charge is 0.142 e. The number of rotatable bonds is 8. The van der Waals surface area contributed by atoms with Crippen LogP contribution in [0.15, 0.2) is 36.4 Å². The Kier molecular flexibility index (Phi) is 9.59. The molecule has 0 aliphatic carbocycles. The zero-order chi connectivity index (χ0) is 20.2. The molecule has 9 heteroatoms. The summed E-state index contributed by atoms with van der Waals surface area (Å²) in [6, 6.07) is 9.94. The summed E-state index contributed by atoms with van der Waals surface area (Å²) < 4.78 is 10.4. The molecule has 0 aliphatic rings. The molecule has 0 amide bonds. The van der Waals surface area contributed by atoms with Gasteiger partial charge in [-0.25, -0.2) is 0 Å². The van der Waals surface area contributed by atoms with Gasteiger partial charge in [0, 0.05) is 24.4 Å². The molecule has 0 saturated heterocycles. The Bertz CT molecular complexity index is 699. The van der Waals surface area contributed by atoms with E-state index in [0.29, 0.717) is 47.3 Å². The molecular formula is C18H28N4O5. The van der Waals surface area contributed by atoms with Crippen molar-refractivity contribution in [2.45, 2.75) is 12.5 Å². The summed E-state index contributed by atoms with van der Waals surface area (Å²) in [5.74, 6) is 1.06. The van der Waals surface area contributed by atoms with Crippen LogP contribution in [0.5, 0.6) is 11.5 Å². The maximum Gasteiger partial charge on any atom is 0.142 e. The Morgan fingerprint density at radius 2 is 1.33 bits per heavy atom. The van der Waals surface area contributed by atoms with Gasteiger partial charge in [0.15, 0.2) is 0 Å². The fourth-order valence-electron chi connectivity index (χ4n) is 1.88. The van der Waals surface area contributed by atoms with E-state index in [1.807, 2.05) is 0 Å². The van der Waals surface area contributed by atoms with E-state index in [1.54, 1.807) is 36.4 Å². The van der Waals surface area contributed by atoms with Crippen molar-refractivity contribution in [1.82, 2.24) is 0 Å². The number of hydrogen-bond acceptors (Lipinski definition) is 9. The first-order valence-corrected chi connectivity index (χ1v) is 8.32. The molecule has 2 aromatic carbocycles. The van der Waals surface area contributed by atoms with Gasteiger partial charge in [-0.05, 0) is 36.4 Å². The van der Waals surface area contributed by atoms with Crippen molar-refractivity contribution < 1.29 is 24.8 Å². The van der Waals surface area contributed by atoms with Crippen LogP contribution >= 0.6 is 0 Å². The summed E-state index contributed by atoms with van der Waals surface area (Å²) in [5, 5.41) is 26.1. The molecular weight excluding hydrogens is 352 g/mol. The van der Waals surface area contributed by atoms with E-state index in [0.717, 1.165) is 0 Å². The summed E-state index contributed by atoms with van der Waals surface area (Å²) in [4.78, 5) is 0. The fraction of sp³-hybridized carbons (Fsp3) is 0.333. The summed E-state index contributed by atoms with van der Waals surface area (Å²) in [5.41, 5.74) is 24.3. The molecule has 0 radical (unpaired) electrons. The quantitative estimate of drug-likeness (QED) is 0.248. The molecule has 2 aromatic rings. The van der Waals surface area contributed by atoms with E-state index in [-0.39, 0.29) is 19.8 Å². The molecule has 1 atom stereocenters. The molecule has 11 N–H and O–H groups in total. The van der Waals surface area contributed by atoms with Crippen molar-refractivity contribution in [3.8, 4) is 11.5 Å². The Morgan fingerprint density at radius 3 is 1.78 bits per heavy atom. The van der Waals surface area contributed by atoms with Gasteiger partial charge in [0.05, 0.1) is 24.6 Å². The molecule has 2 rings (SSSR count). The number of benzene rings is 2. The van der Waals surface area contributed by atoms with Gasteiger partial charge in [0.25, 0.3) is 0 Å². The molecule has 0 bridgehead atoms. The fourth-order valence-corrected chi connectivity index (χ4v) is 1.88. The van der Waals surface area contributed by atoms with Gasteiger partial charge in [0.2, 0.25) is 0 Å². The summed E-state index contributed by atoms with van der Waals surface area (Å²) in [6.07, 6.45) is -0.295. The number of nitrogen functional groups attached to an aromatic ring is 4. The SMILES string of the molecule is Nc1ccc(OCC(O)CO)c(N)c1.Nc1ccc(OCCCO)c(N)c1. The number of ether oxygens (including phenoxy) is 2. The predicted octanol–water partition coefficient (Wildman–Crippen LogP) is 0.195. The zero-order valence-corrected chi connectivity index (χ0v) is 15.0. The van der Waals surface area contributed by atoms with Crippen LogP contribution in [0.4, 0.5) is 22.7 Å². The number of hydrogen-bond donors (Lipinski definition) is 7. The van der Waals surface area contributed by atoms with E-state index < -0.39 is 6.10 Å². The van der Waals surface area contributed by atoms with Gasteiger partial charge in [-0.3, -0.25) is 0 Å². The standard InChI is InChI=1S/C9H14N2O3.C9H14N2O2/c10-6-1-2-9(8(11)3-6)14-5-7(13)4-12;10-7-2-3-9(8(11)6-7)13-5-1-4-12/h1-3,7,12-13H,4-5,10-11H2;2-3,6,12H,1,4-5,10-11H2. The summed E-state index contributed by atoms with van der Waals surface area (Å²) >= 11 is 0. The minimum Gasteiger partial charge on any atom is -0.491 e. The normalized spacial score (nSPS) is 11.2. The molecule has 27 heavy (non-hydrogen) atoms. The van der Waals surface area contributed by atoms with Crippen LogP contribution in [0, 0.1) is 0 Å². The molecule has 1 unspecified atom stereocenters. The highest BCUT2D eigenvalue weighted by Gasteiger charge is 2.05. The van der Waals surface area contributed by atoms with Gasteiger partial charge in [-0.1, -0.05) is 0 Å². The zero-order valence-electron chi connectivity index (χ0n) is 15.0. The van der Waals surface area contributed by atoms with E-state index in [4.69, 9.17) is 47.7 Å². The van der Waals surface area contributed by atoms with E-state index in [1.165, 1.54) is 0 Å². The van der Waals surface area contributed by atoms with Gasteiger partial charge in [0.1, 0.15) is 24.2 Å². The lowest BCUT2D eigenvalue weighted by atomic mass is 10.2. The maximum absolute atomic E-state index is 9.02. The van der Waals surface area contributed by atoms with Crippen molar-refractivity contribution in [3.05, 3.63) is 36.4 Å². The largest absolute Gasteiger partial charge is 0.491 e. The molecule has 0 aromatic heterocycles. The second-order valence-electron chi connectivity index (χ2n) is 5.67. The van der Waals surface area contributed by atoms with Crippen LogP contribution in [0.25, 0.3) is 0 Å². The molecule has 0 spiro atoms. The average Bonchev–Trinajstić information content (AvgIpc) is 2.63. The Balaban J connectivity index is 0.000000271. The van der Waals surface area contributed by atoms with Crippen LogP contribution in [-0.2, 0) is 0 Å². The van der Waals surface area contributed by atoms with Crippen LogP contribution in [-0.4, -0.2) is 47.9 Å². The third-order valence-corrected chi connectivity index (χ3v) is 3.27. The van der Waals surface area contributed by atoms with E-state index >= 15 is 0 Å².